The zero-order valence-corrected chi connectivity index (χ0v) is 8.56. The molecule has 0 bridgehead atoms. The van der Waals surface area contributed by atoms with E-state index in [-0.39, 0.29) is 42.4 Å². The molecule has 0 amide bonds. The van der Waals surface area contributed by atoms with Crippen molar-refractivity contribution in [1.82, 2.24) is 0 Å². The van der Waals surface area contributed by atoms with Crippen LogP contribution in [0.2, 0.25) is 0 Å². The molecule has 0 unspecified atom stereocenters. The van der Waals surface area contributed by atoms with Crippen molar-refractivity contribution in [3.63, 3.8) is 0 Å². The summed E-state index contributed by atoms with van der Waals surface area (Å²) in [4.78, 5) is 9.59. The zero-order valence-electron chi connectivity index (χ0n) is 5.74. The molecular weight excluding hydrogens is 167 g/mol. The van der Waals surface area contributed by atoms with Crippen LogP contribution in [0.15, 0.2) is 0 Å². The summed E-state index contributed by atoms with van der Waals surface area (Å²) in [6.07, 6.45) is 0.863. The van der Waals surface area contributed by atoms with Crippen LogP contribution in [0, 0.1) is 0 Å². The maximum absolute atomic E-state index is 9.83. The van der Waals surface area contributed by atoms with Crippen molar-refractivity contribution < 1.29 is 47.3 Å². The van der Waals surface area contributed by atoms with Crippen molar-refractivity contribution in [3.8, 4) is 0 Å². The van der Waals surface area contributed by atoms with Gasteiger partial charge in [-0.3, -0.25) is 0 Å². The van der Waals surface area contributed by atoms with Gasteiger partial charge in [0, 0.05) is 12.2 Å². The molecule has 10 heavy (non-hydrogen) atoms. The van der Waals surface area contributed by atoms with E-state index in [2.05, 4.69) is 0 Å². The molecular formula is C4H7NaO4S. The fourth-order valence-corrected chi connectivity index (χ4v) is 0.864. The third-order valence-electron chi connectivity index (χ3n) is 0.716. The van der Waals surface area contributed by atoms with Crippen LogP contribution in [-0.4, -0.2) is 25.0 Å². The molecule has 6 heteroatoms. The number of unbranched alkanes of at least 4 members (excludes halogenated alkanes) is 1. The smallest absolute Gasteiger partial charge is 0.748 e. The summed E-state index contributed by atoms with van der Waals surface area (Å²) in [5.74, 6) is -0.439. The predicted octanol–water partition coefficient (Wildman–Crippen LogP) is -3.49. The Morgan fingerprint density at radius 3 is 2.20 bits per heavy atom. The van der Waals surface area contributed by atoms with Gasteiger partial charge < -0.3 is 9.35 Å². The molecule has 0 fully saturated rings. The van der Waals surface area contributed by atoms with Crippen molar-refractivity contribution >= 4 is 16.4 Å². The van der Waals surface area contributed by atoms with Crippen molar-refractivity contribution in [1.29, 1.82) is 0 Å². The second kappa shape index (κ2) is 6.30. The number of carbonyl (C=O) groups is 1. The van der Waals surface area contributed by atoms with Crippen molar-refractivity contribution in [3.05, 3.63) is 0 Å². The van der Waals surface area contributed by atoms with Gasteiger partial charge in [-0.1, -0.05) is 0 Å². The minimum absolute atomic E-state index is 0. The molecule has 0 atom stereocenters. The molecule has 0 aromatic carbocycles. The van der Waals surface area contributed by atoms with E-state index in [0.29, 0.717) is 6.29 Å². The van der Waals surface area contributed by atoms with Crippen LogP contribution in [0.1, 0.15) is 12.8 Å². The minimum Gasteiger partial charge on any atom is -0.748 e. The Hall–Kier alpha value is 0.580. The topological polar surface area (TPSA) is 74.3 Å². The van der Waals surface area contributed by atoms with Gasteiger partial charge in [0.15, 0.2) is 0 Å². The molecule has 0 heterocycles. The van der Waals surface area contributed by atoms with Gasteiger partial charge in [-0.05, 0) is 6.42 Å². The van der Waals surface area contributed by atoms with E-state index in [1.807, 2.05) is 0 Å². The van der Waals surface area contributed by atoms with Crippen molar-refractivity contribution in [2.45, 2.75) is 12.8 Å². The molecule has 0 N–H and O–H groups in total. The third kappa shape index (κ3) is 11.4. The van der Waals surface area contributed by atoms with Crippen LogP contribution in [-0.2, 0) is 14.9 Å². The van der Waals surface area contributed by atoms with Crippen LogP contribution >= 0.6 is 0 Å². The van der Waals surface area contributed by atoms with Gasteiger partial charge in [0.2, 0.25) is 0 Å². The summed E-state index contributed by atoms with van der Waals surface area (Å²) in [7, 11) is -4.11. The molecule has 0 spiro atoms. The van der Waals surface area contributed by atoms with Crippen LogP contribution in [0.3, 0.4) is 0 Å². The Kier molecular flexibility index (Phi) is 8.31. The van der Waals surface area contributed by atoms with E-state index in [1.54, 1.807) is 0 Å². The molecule has 0 aliphatic heterocycles. The second-order valence-electron chi connectivity index (χ2n) is 1.57. The van der Waals surface area contributed by atoms with Gasteiger partial charge >= 0.3 is 29.6 Å². The number of hydrogen-bond donors (Lipinski definition) is 0. The second-order valence-corrected chi connectivity index (χ2v) is 3.09. The van der Waals surface area contributed by atoms with Gasteiger partial charge in [0.25, 0.3) is 0 Å². The fourth-order valence-electron chi connectivity index (χ4n) is 0.343. The Bertz CT molecular complexity index is 174. The fraction of sp³-hybridized carbons (Fsp3) is 0.750. The Balaban J connectivity index is 0. The summed E-state index contributed by atoms with van der Waals surface area (Å²) in [6.45, 7) is 0. The van der Waals surface area contributed by atoms with E-state index in [4.69, 9.17) is 0 Å². The summed E-state index contributed by atoms with van der Waals surface area (Å²) in [5.41, 5.74) is 0. The van der Waals surface area contributed by atoms with Crippen LogP contribution < -0.4 is 29.6 Å². The van der Waals surface area contributed by atoms with Gasteiger partial charge in [0.1, 0.15) is 6.29 Å². The first-order valence-corrected chi connectivity index (χ1v) is 4.01. The first kappa shape index (κ1) is 13.2. The maximum atomic E-state index is 9.83. The number of rotatable bonds is 4. The van der Waals surface area contributed by atoms with Gasteiger partial charge in [0.05, 0.1) is 10.1 Å². The number of hydrogen-bond acceptors (Lipinski definition) is 4. The van der Waals surface area contributed by atoms with Gasteiger partial charge in [-0.25, -0.2) is 8.42 Å². The third-order valence-corrected chi connectivity index (χ3v) is 1.50. The molecule has 0 aliphatic carbocycles. The molecule has 54 valence electrons. The summed E-state index contributed by atoms with van der Waals surface area (Å²) in [5, 5.41) is 0. The van der Waals surface area contributed by atoms with Crippen molar-refractivity contribution in [2.75, 3.05) is 5.75 Å². The Morgan fingerprint density at radius 1 is 1.40 bits per heavy atom. The first-order chi connectivity index (χ1) is 4.06. The molecule has 0 radical (unpaired) electrons. The first-order valence-electron chi connectivity index (χ1n) is 2.43. The monoisotopic (exact) mass is 174 g/mol. The quantitative estimate of drug-likeness (QED) is 0.192. The van der Waals surface area contributed by atoms with E-state index in [1.165, 1.54) is 0 Å². The van der Waals surface area contributed by atoms with Crippen LogP contribution in [0.25, 0.3) is 0 Å². The standard InChI is InChI=1S/C4H8O4S.Na/c5-3-1-2-4-9(6,7)8;/h3H,1-2,4H2,(H,6,7,8);/q;+1/p-1. The predicted molar refractivity (Wildman–Crippen MR) is 29.9 cm³/mol. The Morgan fingerprint density at radius 2 is 1.90 bits per heavy atom. The van der Waals surface area contributed by atoms with E-state index < -0.39 is 15.9 Å². The summed E-state index contributed by atoms with van der Waals surface area (Å²) in [6, 6.07) is 0. The minimum atomic E-state index is -4.11. The van der Waals surface area contributed by atoms with E-state index in [9.17, 15) is 17.8 Å². The SMILES string of the molecule is O=CCCCS(=O)(=O)[O-].[Na+]. The van der Waals surface area contributed by atoms with Crippen LogP contribution in [0.5, 0.6) is 0 Å². The number of carbonyl (C=O) groups excluding carboxylic acids is 1. The Labute approximate surface area is 82.0 Å². The summed E-state index contributed by atoms with van der Waals surface area (Å²) >= 11 is 0. The molecule has 0 saturated carbocycles. The maximum Gasteiger partial charge on any atom is 1.00 e. The average Bonchev–Trinajstić information content (AvgIpc) is 1.63. The normalized spacial score (nSPS) is 10.1. The van der Waals surface area contributed by atoms with E-state index >= 15 is 0 Å². The molecule has 0 rings (SSSR count). The average molecular weight is 174 g/mol. The zero-order chi connectivity index (χ0) is 7.33. The van der Waals surface area contributed by atoms with Gasteiger partial charge in [-0.2, -0.15) is 0 Å². The van der Waals surface area contributed by atoms with E-state index in [0.717, 1.165) is 0 Å². The van der Waals surface area contributed by atoms with Gasteiger partial charge in [-0.15, -0.1) is 0 Å². The molecule has 0 aromatic heterocycles. The summed E-state index contributed by atoms with van der Waals surface area (Å²) < 4.78 is 29.5. The van der Waals surface area contributed by atoms with Crippen molar-refractivity contribution in [2.24, 2.45) is 0 Å². The number of aldehydes is 1. The largest absolute Gasteiger partial charge is 1.00 e. The molecule has 0 saturated heterocycles. The molecule has 0 aromatic rings. The molecule has 4 nitrogen and oxygen atoms in total. The van der Waals surface area contributed by atoms with Crippen LogP contribution in [0.4, 0.5) is 0 Å². The molecule has 0 aliphatic rings.